The molecule has 0 heterocycles. The van der Waals surface area contributed by atoms with Crippen LogP contribution in [0.4, 0.5) is 0 Å². The molecule has 0 aliphatic carbocycles. The smallest absolute Gasteiger partial charge is 0.305 e. The van der Waals surface area contributed by atoms with Gasteiger partial charge < -0.3 is 20.3 Å². The van der Waals surface area contributed by atoms with Gasteiger partial charge >= 0.3 is 5.97 Å². The Kier molecular flexibility index (Phi) is 70.9. The summed E-state index contributed by atoms with van der Waals surface area (Å²) < 4.78 is 5.50. The summed E-state index contributed by atoms with van der Waals surface area (Å²) in [5.74, 6) is -0.0471. The topological polar surface area (TPSA) is 95.9 Å². The molecule has 0 radical (unpaired) electrons. The lowest BCUT2D eigenvalue weighted by Crippen LogP contribution is -2.45. The fourth-order valence-corrected chi connectivity index (χ4v) is 11.9. The molecule has 0 saturated carbocycles. The summed E-state index contributed by atoms with van der Waals surface area (Å²) in [5.41, 5.74) is 0. The van der Waals surface area contributed by atoms with Crippen LogP contribution in [0, 0.1) is 0 Å². The van der Waals surface area contributed by atoms with E-state index in [0.717, 1.165) is 51.4 Å². The van der Waals surface area contributed by atoms with Gasteiger partial charge in [0.1, 0.15) is 0 Å². The molecular weight excluding hydrogens is 1020 g/mol. The van der Waals surface area contributed by atoms with Gasteiger partial charge in [-0.25, -0.2) is 0 Å². The van der Waals surface area contributed by atoms with E-state index in [-0.39, 0.29) is 18.5 Å². The summed E-state index contributed by atoms with van der Waals surface area (Å²) in [6.07, 6.45) is 93.9. The van der Waals surface area contributed by atoms with Crippen LogP contribution in [0.3, 0.4) is 0 Å². The number of unbranched alkanes of at least 4 members (excludes halogenated alkanes) is 56. The average molecular weight is 1170 g/mol. The first-order chi connectivity index (χ1) is 41.0. The minimum absolute atomic E-state index is 0.0132. The van der Waals surface area contributed by atoms with Crippen LogP contribution in [0.2, 0.25) is 0 Å². The molecule has 0 aliphatic heterocycles. The first kappa shape index (κ1) is 81.1. The Morgan fingerprint density at radius 1 is 0.337 bits per heavy atom. The molecule has 490 valence electrons. The zero-order valence-electron chi connectivity index (χ0n) is 56.2. The van der Waals surface area contributed by atoms with Crippen molar-refractivity contribution < 1.29 is 24.5 Å². The van der Waals surface area contributed by atoms with Crippen LogP contribution in [0.1, 0.15) is 418 Å². The Labute approximate surface area is 519 Å². The number of ether oxygens (including phenoxy) is 1. The summed E-state index contributed by atoms with van der Waals surface area (Å²) in [7, 11) is 0. The van der Waals surface area contributed by atoms with Gasteiger partial charge in [-0.15, -0.1) is 0 Å². The highest BCUT2D eigenvalue weighted by Crippen LogP contribution is 2.19. The number of aliphatic hydroxyl groups is 2. The molecule has 0 aromatic rings. The number of hydrogen-bond donors (Lipinski definition) is 3. The number of carbonyl (C=O) groups excluding carboxylic acids is 2. The molecule has 0 rings (SSSR count). The number of rotatable bonds is 71. The fraction of sp³-hybridized carbons (Fsp3) is 0.896. The number of amides is 1. The maximum atomic E-state index is 12.5. The highest BCUT2D eigenvalue weighted by molar-refractivity contribution is 5.76. The molecule has 0 spiro atoms. The summed E-state index contributed by atoms with van der Waals surface area (Å²) >= 11 is 0. The molecule has 83 heavy (non-hydrogen) atoms. The van der Waals surface area contributed by atoms with E-state index in [1.807, 2.05) is 6.08 Å². The summed E-state index contributed by atoms with van der Waals surface area (Å²) in [5, 5.41) is 23.2. The molecule has 0 aromatic heterocycles. The molecule has 2 atom stereocenters. The predicted molar refractivity (Wildman–Crippen MR) is 366 cm³/mol. The monoisotopic (exact) mass is 1170 g/mol. The van der Waals surface area contributed by atoms with Gasteiger partial charge in [-0.1, -0.05) is 378 Å². The molecule has 3 N–H and O–H groups in total. The van der Waals surface area contributed by atoms with Crippen molar-refractivity contribution in [2.75, 3.05) is 13.2 Å². The second-order valence-electron chi connectivity index (χ2n) is 26.0. The number of esters is 1. The summed E-state index contributed by atoms with van der Waals surface area (Å²) in [6.45, 7) is 4.92. The predicted octanol–water partition coefficient (Wildman–Crippen LogP) is 24.7. The summed E-state index contributed by atoms with van der Waals surface area (Å²) in [4.78, 5) is 24.6. The molecule has 0 aromatic carbocycles. The molecule has 6 heteroatoms. The van der Waals surface area contributed by atoms with E-state index in [9.17, 15) is 19.8 Å². The van der Waals surface area contributed by atoms with Crippen LogP contribution in [0.5, 0.6) is 0 Å². The van der Waals surface area contributed by atoms with Crippen molar-refractivity contribution in [2.45, 2.75) is 431 Å². The highest BCUT2D eigenvalue weighted by Gasteiger charge is 2.18. The van der Waals surface area contributed by atoms with Crippen LogP contribution in [-0.2, 0) is 14.3 Å². The molecule has 0 saturated heterocycles. The first-order valence-electron chi connectivity index (χ1n) is 37.8. The SMILES string of the molecule is CCCCC/C=C\C/C=C\CCCCCCCCCC(=O)OCCCCCCCCCCCCCCCCCCCCCCCCCCCCCCCCCC(=O)NC(CO)C(O)/C=C/CCCCCCCCCCCCCCCCCC. The minimum Gasteiger partial charge on any atom is -0.466 e. The largest absolute Gasteiger partial charge is 0.466 e. The molecular formula is C77H147NO5. The van der Waals surface area contributed by atoms with Gasteiger partial charge in [0.15, 0.2) is 0 Å². The third-order valence-electron chi connectivity index (χ3n) is 17.7. The van der Waals surface area contributed by atoms with E-state index in [1.54, 1.807) is 6.08 Å². The third kappa shape index (κ3) is 69.1. The van der Waals surface area contributed by atoms with Crippen molar-refractivity contribution in [3.63, 3.8) is 0 Å². The maximum absolute atomic E-state index is 12.5. The number of carbonyl (C=O) groups is 2. The second kappa shape index (κ2) is 72.6. The molecule has 0 fully saturated rings. The van der Waals surface area contributed by atoms with E-state index >= 15 is 0 Å². The normalized spacial score (nSPS) is 12.7. The van der Waals surface area contributed by atoms with Crippen LogP contribution in [0.25, 0.3) is 0 Å². The van der Waals surface area contributed by atoms with Gasteiger partial charge in [0.25, 0.3) is 0 Å². The van der Waals surface area contributed by atoms with E-state index in [1.165, 1.54) is 340 Å². The van der Waals surface area contributed by atoms with Crippen molar-refractivity contribution in [3.8, 4) is 0 Å². The lowest BCUT2D eigenvalue weighted by Gasteiger charge is -2.20. The van der Waals surface area contributed by atoms with Crippen molar-refractivity contribution in [1.82, 2.24) is 5.32 Å². The zero-order valence-corrected chi connectivity index (χ0v) is 56.2. The van der Waals surface area contributed by atoms with E-state index in [4.69, 9.17) is 4.74 Å². The van der Waals surface area contributed by atoms with Gasteiger partial charge in [0.05, 0.1) is 25.4 Å². The van der Waals surface area contributed by atoms with Crippen molar-refractivity contribution in [2.24, 2.45) is 0 Å². The van der Waals surface area contributed by atoms with Gasteiger partial charge in [-0.05, 0) is 64.2 Å². The van der Waals surface area contributed by atoms with Gasteiger partial charge in [0, 0.05) is 12.8 Å². The zero-order chi connectivity index (χ0) is 59.9. The Balaban J connectivity index is 3.34. The number of allylic oxidation sites excluding steroid dienone is 5. The van der Waals surface area contributed by atoms with Crippen LogP contribution < -0.4 is 5.32 Å². The van der Waals surface area contributed by atoms with Gasteiger partial charge in [0.2, 0.25) is 5.91 Å². The van der Waals surface area contributed by atoms with Gasteiger partial charge in [-0.3, -0.25) is 9.59 Å². The minimum atomic E-state index is -0.842. The standard InChI is InChI=1S/C77H147NO5/c1-3-5-7-9-11-13-15-17-19-21-38-41-45-49-53-57-61-65-69-75(80)74(73-79)78-76(81)70-66-62-58-54-50-46-42-39-35-33-31-29-27-25-23-22-24-26-28-30-32-34-36-40-44-48-52-56-60-64-68-72-83-77(82)71-67-63-59-55-51-47-43-37-20-18-16-14-12-10-8-6-4-2/h12,14,18,20,65,69,74-75,79-80H,3-11,13,15-17,19,21-64,66-68,70-73H2,1-2H3,(H,78,81)/b14-12-,20-18-,69-65+. The highest BCUT2D eigenvalue weighted by atomic mass is 16.5. The van der Waals surface area contributed by atoms with E-state index in [0.29, 0.717) is 19.4 Å². The van der Waals surface area contributed by atoms with Gasteiger partial charge in [-0.2, -0.15) is 0 Å². The molecule has 2 unspecified atom stereocenters. The molecule has 1 amide bonds. The Morgan fingerprint density at radius 3 is 0.940 bits per heavy atom. The Morgan fingerprint density at radius 2 is 0.602 bits per heavy atom. The van der Waals surface area contributed by atoms with Crippen molar-refractivity contribution >= 4 is 11.9 Å². The number of aliphatic hydroxyl groups excluding tert-OH is 2. The number of hydrogen-bond acceptors (Lipinski definition) is 5. The van der Waals surface area contributed by atoms with Crippen molar-refractivity contribution in [3.05, 3.63) is 36.5 Å². The molecule has 6 nitrogen and oxygen atoms in total. The average Bonchev–Trinajstić information content (AvgIpc) is 3.49. The summed E-state index contributed by atoms with van der Waals surface area (Å²) in [6, 6.07) is -0.625. The van der Waals surface area contributed by atoms with E-state index < -0.39 is 12.1 Å². The van der Waals surface area contributed by atoms with Crippen molar-refractivity contribution in [1.29, 1.82) is 0 Å². The molecule has 0 aliphatic rings. The first-order valence-corrected chi connectivity index (χ1v) is 37.8. The quantitative estimate of drug-likeness (QED) is 0.0320. The van der Waals surface area contributed by atoms with E-state index in [2.05, 4.69) is 43.5 Å². The van der Waals surface area contributed by atoms with Crippen LogP contribution in [-0.4, -0.2) is 47.4 Å². The fourth-order valence-electron chi connectivity index (χ4n) is 11.9. The molecule has 0 bridgehead atoms. The van der Waals surface area contributed by atoms with Crippen LogP contribution in [0.15, 0.2) is 36.5 Å². The number of nitrogens with one attached hydrogen (secondary N) is 1. The Hall–Kier alpha value is -1.92. The Bertz CT molecular complexity index is 1340. The van der Waals surface area contributed by atoms with Crippen LogP contribution >= 0.6 is 0 Å². The third-order valence-corrected chi connectivity index (χ3v) is 17.7. The second-order valence-corrected chi connectivity index (χ2v) is 26.0. The lowest BCUT2D eigenvalue weighted by atomic mass is 10.0. The lowest BCUT2D eigenvalue weighted by molar-refractivity contribution is -0.143. The maximum Gasteiger partial charge on any atom is 0.305 e.